The first-order chi connectivity index (χ1) is 8.56. The van der Waals surface area contributed by atoms with E-state index >= 15 is 0 Å². The van der Waals surface area contributed by atoms with Crippen molar-refractivity contribution >= 4 is 34.2 Å². The Kier molecular flexibility index (Phi) is 4.17. The lowest BCUT2D eigenvalue weighted by molar-refractivity contribution is 0.0701. The third-order valence-electron chi connectivity index (χ3n) is 3.50. The monoisotopic (exact) mass is 286 g/mol. The molecule has 1 fully saturated rings. The maximum Gasteiger partial charge on any atom is 0.347 e. The maximum absolute atomic E-state index is 11.0. The Labute approximate surface area is 115 Å². The Bertz CT molecular complexity index is 439. The van der Waals surface area contributed by atoms with Gasteiger partial charge in [-0.1, -0.05) is 24.2 Å². The topological polar surface area (TPSA) is 62.2 Å². The van der Waals surface area contributed by atoms with Crippen LogP contribution in [-0.4, -0.2) is 33.6 Å². The van der Waals surface area contributed by atoms with E-state index in [9.17, 15) is 4.79 Å². The molecule has 18 heavy (non-hydrogen) atoms. The third kappa shape index (κ3) is 2.80. The first kappa shape index (κ1) is 13.7. The zero-order valence-electron chi connectivity index (χ0n) is 10.7. The fourth-order valence-electron chi connectivity index (χ4n) is 2.38. The van der Waals surface area contributed by atoms with E-state index in [0.29, 0.717) is 15.3 Å². The number of hydrogen-bond donors (Lipinski definition) is 2. The van der Waals surface area contributed by atoms with E-state index in [1.54, 1.807) is 6.92 Å². The van der Waals surface area contributed by atoms with Crippen molar-refractivity contribution in [3.8, 4) is 0 Å². The highest BCUT2D eigenvalue weighted by Crippen LogP contribution is 2.40. The van der Waals surface area contributed by atoms with Crippen LogP contribution >= 0.6 is 23.1 Å². The molecule has 1 aromatic heterocycles. The van der Waals surface area contributed by atoms with Gasteiger partial charge in [-0.2, -0.15) is 11.8 Å². The second-order valence-corrected chi connectivity index (χ2v) is 6.96. The number of carboxylic acid groups (broad SMARTS) is 1. The lowest BCUT2D eigenvalue weighted by Gasteiger charge is -2.26. The van der Waals surface area contributed by atoms with Crippen LogP contribution < -0.4 is 5.32 Å². The number of hydrogen-bond acceptors (Lipinski definition) is 5. The second kappa shape index (κ2) is 5.48. The molecule has 0 aliphatic heterocycles. The summed E-state index contributed by atoms with van der Waals surface area (Å²) >= 11 is 3.14. The molecule has 2 N–H and O–H groups in total. The number of carbonyl (C=O) groups is 1. The van der Waals surface area contributed by atoms with Crippen LogP contribution in [0.1, 0.15) is 41.0 Å². The molecular weight excluding hydrogens is 268 g/mol. The summed E-state index contributed by atoms with van der Waals surface area (Å²) in [7, 11) is 0. The zero-order chi connectivity index (χ0) is 13.2. The molecule has 0 radical (unpaired) electrons. The number of nitrogens with zero attached hydrogens (tertiary/aromatic N) is 1. The summed E-state index contributed by atoms with van der Waals surface area (Å²) in [5.74, 6) is -0.890. The summed E-state index contributed by atoms with van der Waals surface area (Å²) in [4.78, 5) is 15.6. The maximum atomic E-state index is 11.0. The molecule has 0 atom stereocenters. The Morgan fingerprint density at radius 2 is 2.22 bits per heavy atom. The molecule has 1 heterocycles. The van der Waals surface area contributed by atoms with Crippen LogP contribution in [0.2, 0.25) is 0 Å². The fraction of sp³-hybridized carbons (Fsp3) is 0.667. The summed E-state index contributed by atoms with van der Waals surface area (Å²) in [6, 6.07) is 0. The van der Waals surface area contributed by atoms with Gasteiger partial charge < -0.3 is 10.4 Å². The number of aromatic nitrogens is 1. The molecule has 4 nitrogen and oxygen atoms in total. The van der Waals surface area contributed by atoms with Gasteiger partial charge >= 0.3 is 5.97 Å². The number of nitrogens with one attached hydrogen (secondary N) is 1. The lowest BCUT2D eigenvalue weighted by Crippen LogP contribution is -2.29. The molecule has 100 valence electrons. The van der Waals surface area contributed by atoms with Crippen molar-refractivity contribution in [1.29, 1.82) is 0 Å². The summed E-state index contributed by atoms with van der Waals surface area (Å²) in [5, 5.41) is 13.0. The molecule has 0 amide bonds. The first-order valence-corrected chi connectivity index (χ1v) is 8.10. The van der Waals surface area contributed by atoms with Crippen LogP contribution in [-0.2, 0) is 0 Å². The minimum absolute atomic E-state index is 0.308. The van der Waals surface area contributed by atoms with Crippen molar-refractivity contribution in [3.63, 3.8) is 0 Å². The Morgan fingerprint density at radius 3 is 2.72 bits per heavy atom. The average molecular weight is 286 g/mol. The van der Waals surface area contributed by atoms with Gasteiger partial charge in [-0.05, 0) is 26.0 Å². The van der Waals surface area contributed by atoms with Crippen LogP contribution in [0.25, 0.3) is 0 Å². The molecule has 0 unspecified atom stereocenters. The van der Waals surface area contributed by atoms with Crippen LogP contribution in [0.3, 0.4) is 0 Å². The van der Waals surface area contributed by atoms with E-state index in [1.807, 2.05) is 11.8 Å². The van der Waals surface area contributed by atoms with Gasteiger partial charge in [-0.15, -0.1) is 0 Å². The van der Waals surface area contributed by atoms with Gasteiger partial charge in [0.2, 0.25) is 0 Å². The normalized spacial score (nSPS) is 17.9. The number of rotatable bonds is 5. The van der Waals surface area contributed by atoms with E-state index in [4.69, 9.17) is 5.11 Å². The van der Waals surface area contributed by atoms with Gasteiger partial charge in [0, 0.05) is 11.3 Å². The van der Waals surface area contributed by atoms with Gasteiger partial charge in [-0.25, -0.2) is 9.78 Å². The minimum atomic E-state index is -0.890. The van der Waals surface area contributed by atoms with Crippen LogP contribution in [0.15, 0.2) is 0 Å². The minimum Gasteiger partial charge on any atom is -0.477 e. The SMILES string of the molecule is CSC1(CNc2nc(C)c(C(=O)O)s2)CCCC1. The number of thioether (sulfide) groups is 1. The van der Waals surface area contributed by atoms with Crippen molar-refractivity contribution in [3.05, 3.63) is 10.6 Å². The molecule has 1 aromatic rings. The molecular formula is C12H18N2O2S2. The average Bonchev–Trinajstić information content (AvgIpc) is 2.94. The quantitative estimate of drug-likeness (QED) is 0.870. The van der Waals surface area contributed by atoms with Gasteiger partial charge in [-0.3, -0.25) is 0 Å². The van der Waals surface area contributed by atoms with Crippen molar-refractivity contribution in [2.24, 2.45) is 0 Å². The zero-order valence-corrected chi connectivity index (χ0v) is 12.3. The Balaban J connectivity index is 2.01. The lowest BCUT2D eigenvalue weighted by atomic mass is 10.1. The number of thiazole rings is 1. The Hall–Kier alpha value is -0.750. The van der Waals surface area contributed by atoms with Gasteiger partial charge in [0.05, 0.1) is 5.69 Å². The highest BCUT2D eigenvalue weighted by molar-refractivity contribution is 8.00. The molecule has 0 bridgehead atoms. The standard InChI is InChI=1S/C12H18N2O2S2/c1-8-9(10(15)16)18-11(14-8)13-7-12(17-2)5-3-4-6-12/h3-7H2,1-2H3,(H,13,14)(H,15,16). The van der Waals surface area contributed by atoms with Crippen molar-refractivity contribution < 1.29 is 9.90 Å². The predicted octanol–water partition coefficient (Wildman–Crippen LogP) is 3.24. The predicted molar refractivity (Wildman–Crippen MR) is 77.0 cm³/mol. The Morgan fingerprint density at radius 1 is 1.56 bits per heavy atom. The third-order valence-corrected chi connectivity index (χ3v) is 6.02. The first-order valence-electron chi connectivity index (χ1n) is 6.06. The van der Waals surface area contributed by atoms with Crippen molar-refractivity contribution in [2.75, 3.05) is 18.1 Å². The fourth-order valence-corrected chi connectivity index (χ4v) is 4.09. The van der Waals surface area contributed by atoms with E-state index < -0.39 is 5.97 Å². The van der Waals surface area contributed by atoms with Crippen molar-refractivity contribution in [2.45, 2.75) is 37.4 Å². The largest absolute Gasteiger partial charge is 0.477 e. The van der Waals surface area contributed by atoms with E-state index in [1.165, 1.54) is 37.0 Å². The smallest absolute Gasteiger partial charge is 0.347 e. The summed E-state index contributed by atoms with van der Waals surface area (Å²) in [6.45, 7) is 2.62. The molecule has 0 spiro atoms. The van der Waals surface area contributed by atoms with Gasteiger partial charge in [0.1, 0.15) is 4.88 Å². The molecule has 1 saturated carbocycles. The number of carboxylic acids is 1. The molecule has 1 aliphatic rings. The van der Waals surface area contributed by atoms with Crippen LogP contribution in [0.4, 0.5) is 5.13 Å². The molecule has 0 saturated heterocycles. The van der Waals surface area contributed by atoms with E-state index in [2.05, 4.69) is 16.6 Å². The van der Waals surface area contributed by atoms with E-state index in [-0.39, 0.29) is 0 Å². The molecule has 2 rings (SSSR count). The van der Waals surface area contributed by atoms with Crippen molar-refractivity contribution in [1.82, 2.24) is 4.98 Å². The molecule has 1 aliphatic carbocycles. The number of anilines is 1. The summed E-state index contributed by atoms with van der Waals surface area (Å²) < 4.78 is 0.308. The van der Waals surface area contributed by atoms with Crippen LogP contribution in [0, 0.1) is 6.92 Å². The summed E-state index contributed by atoms with van der Waals surface area (Å²) in [5.41, 5.74) is 0.597. The molecule has 6 heteroatoms. The number of aromatic carboxylic acids is 1. The molecule has 0 aromatic carbocycles. The highest BCUT2D eigenvalue weighted by atomic mass is 32.2. The second-order valence-electron chi connectivity index (χ2n) is 4.69. The van der Waals surface area contributed by atoms with E-state index in [0.717, 1.165) is 11.7 Å². The van der Waals surface area contributed by atoms with Gasteiger partial charge in [0.15, 0.2) is 5.13 Å². The van der Waals surface area contributed by atoms with Gasteiger partial charge in [0.25, 0.3) is 0 Å². The number of aryl methyl sites for hydroxylation is 1. The van der Waals surface area contributed by atoms with Crippen LogP contribution in [0.5, 0.6) is 0 Å². The highest BCUT2D eigenvalue weighted by Gasteiger charge is 2.33. The summed E-state index contributed by atoms with van der Waals surface area (Å²) in [6.07, 6.45) is 7.21.